The molecule has 0 spiro atoms. The summed E-state index contributed by atoms with van der Waals surface area (Å²) < 4.78 is 0. The number of nitrogens with one attached hydrogen (secondary N) is 1. The van der Waals surface area contributed by atoms with Gasteiger partial charge >= 0.3 is 0 Å². The highest BCUT2D eigenvalue weighted by molar-refractivity contribution is 5.88. The maximum absolute atomic E-state index is 11.6. The first-order chi connectivity index (χ1) is 8.54. The second kappa shape index (κ2) is 4.68. The Bertz CT molecular complexity index is 620. The van der Waals surface area contributed by atoms with Crippen LogP contribution in [0.4, 0.5) is 11.4 Å². The van der Waals surface area contributed by atoms with E-state index in [9.17, 15) is 4.79 Å². The van der Waals surface area contributed by atoms with Gasteiger partial charge in [-0.05, 0) is 25.5 Å². The van der Waals surface area contributed by atoms with Crippen LogP contribution in [0.15, 0.2) is 23.3 Å². The minimum Gasteiger partial charge on any atom is -0.397 e. The second-order valence-electron chi connectivity index (χ2n) is 4.53. The van der Waals surface area contributed by atoms with E-state index in [1.807, 2.05) is 13.1 Å². The number of hydrogen-bond donors (Lipinski definition) is 2. The molecule has 1 heterocycles. The lowest BCUT2D eigenvalue weighted by atomic mass is 10.1. The molecule has 2 rings (SSSR count). The summed E-state index contributed by atoms with van der Waals surface area (Å²) in [7, 11) is 2.00. The van der Waals surface area contributed by atoms with Crippen molar-refractivity contribution >= 4 is 22.3 Å². The van der Waals surface area contributed by atoms with Crippen LogP contribution >= 0.6 is 0 Å². The number of nitrogens with two attached hydrogens (primary N) is 1. The van der Waals surface area contributed by atoms with Gasteiger partial charge in [-0.1, -0.05) is 6.92 Å². The molecule has 5 heteroatoms. The van der Waals surface area contributed by atoms with Crippen molar-refractivity contribution < 1.29 is 0 Å². The molecule has 1 aromatic heterocycles. The highest BCUT2D eigenvalue weighted by Crippen LogP contribution is 2.27. The SMILES string of the molecule is CCC(C)N(C)c1cc2nc[nH]c(=O)c2cc1N. The number of benzene rings is 1. The lowest BCUT2D eigenvalue weighted by molar-refractivity contribution is 0.665. The molecule has 0 aliphatic carbocycles. The van der Waals surface area contributed by atoms with Gasteiger partial charge in [-0.3, -0.25) is 4.79 Å². The van der Waals surface area contributed by atoms with E-state index in [4.69, 9.17) is 5.73 Å². The van der Waals surface area contributed by atoms with Gasteiger partial charge in [0.2, 0.25) is 0 Å². The quantitative estimate of drug-likeness (QED) is 0.809. The van der Waals surface area contributed by atoms with Gasteiger partial charge in [0.1, 0.15) is 0 Å². The number of nitrogen functional groups attached to an aromatic ring is 1. The lowest BCUT2D eigenvalue weighted by Crippen LogP contribution is -2.28. The van der Waals surface area contributed by atoms with E-state index in [0.717, 1.165) is 12.1 Å². The van der Waals surface area contributed by atoms with Crippen LogP contribution < -0.4 is 16.2 Å². The molecule has 18 heavy (non-hydrogen) atoms. The van der Waals surface area contributed by atoms with E-state index in [2.05, 4.69) is 28.7 Å². The molecule has 0 saturated carbocycles. The molecular weight excluding hydrogens is 228 g/mol. The summed E-state index contributed by atoms with van der Waals surface area (Å²) in [5.41, 5.74) is 8.04. The van der Waals surface area contributed by atoms with Crippen molar-refractivity contribution in [3.05, 3.63) is 28.8 Å². The van der Waals surface area contributed by atoms with E-state index in [-0.39, 0.29) is 5.56 Å². The summed E-state index contributed by atoms with van der Waals surface area (Å²) in [4.78, 5) is 20.5. The molecule has 3 N–H and O–H groups in total. The molecule has 0 aliphatic rings. The maximum Gasteiger partial charge on any atom is 0.258 e. The number of hydrogen-bond acceptors (Lipinski definition) is 4. The highest BCUT2D eigenvalue weighted by Gasteiger charge is 2.13. The summed E-state index contributed by atoms with van der Waals surface area (Å²) in [6.45, 7) is 4.26. The Morgan fingerprint density at radius 2 is 2.22 bits per heavy atom. The third kappa shape index (κ3) is 2.03. The van der Waals surface area contributed by atoms with E-state index in [0.29, 0.717) is 22.6 Å². The first-order valence-corrected chi connectivity index (χ1v) is 6.04. The standard InChI is InChI=1S/C13H18N4O/c1-4-8(2)17(3)12-6-11-9(5-10(12)14)13(18)16-7-15-11/h5-8H,4,14H2,1-3H3,(H,15,16,18). The maximum atomic E-state index is 11.6. The summed E-state index contributed by atoms with van der Waals surface area (Å²) in [6, 6.07) is 3.94. The van der Waals surface area contributed by atoms with Crippen LogP contribution in [0.3, 0.4) is 0 Å². The molecule has 1 atom stereocenters. The van der Waals surface area contributed by atoms with Crippen LogP contribution in [-0.4, -0.2) is 23.1 Å². The van der Waals surface area contributed by atoms with Crippen LogP contribution in [0.1, 0.15) is 20.3 Å². The smallest absolute Gasteiger partial charge is 0.258 e. The molecule has 5 nitrogen and oxygen atoms in total. The zero-order chi connectivity index (χ0) is 13.3. The zero-order valence-corrected chi connectivity index (χ0v) is 10.9. The fraction of sp³-hybridized carbons (Fsp3) is 0.385. The van der Waals surface area contributed by atoms with Gasteiger partial charge in [0, 0.05) is 13.1 Å². The highest BCUT2D eigenvalue weighted by atomic mass is 16.1. The fourth-order valence-electron chi connectivity index (χ4n) is 1.94. The number of fused-ring (bicyclic) bond motifs is 1. The predicted octanol–water partition coefficient (Wildman–Crippen LogP) is 1.74. The van der Waals surface area contributed by atoms with Gasteiger partial charge in [0.15, 0.2) is 0 Å². The topological polar surface area (TPSA) is 75.0 Å². The van der Waals surface area contributed by atoms with Crippen molar-refractivity contribution in [2.75, 3.05) is 17.7 Å². The molecule has 96 valence electrons. The molecule has 0 amide bonds. The molecule has 2 aromatic rings. The number of aromatic nitrogens is 2. The molecule has 0 fully saturated rings. The van der Waals surface area contributed by atoms with E-state index in [1.54, 1.807) is 6.07 Å². The molecule has 1 unspecified atom stereocenters. The van der Waals surface area contributed by atoms with Crippen molar-refractivity contribution in [1.29, 1.82) is 0 Å². The third-order valence-electron chi connectivity index (χ3n) is 3.42. The van der Waals surface area contributed by atoms with Crippen LogP contribution in [0.25, 0.3) is 10.9 Å². The van der Waals surface area contributed by atoms with Crippen molar-refractivity contribution in [1.82, 2.24) is 9.97 Å². The Hall–Kier alpha value is -2.04. The van der Waals surface area contributed by atoms with Crippen molar-refractivity contribution in [2.24, 2.45) is 0 Å². The van der Waals surface area contributed by atoms with Gasteiger partial charge in [0.25, 0.3) is 5.56 Å². The van der Waals surface area contributed by atoms with E-state index < -0.39 is 0 Å². The summed E-state index contributed by atoms with van der Waals surface area (Å²) in [5.74, 6) is 0. The molecule has 0 aliphatic heterocycles. The molecule has 0 saturated heterocycles. The minimum atomic E-state index is -0.163. The number of nitrogens with zero attached hydrogens (tertiary/aromatic N) is 2. The fourth-order valence-corrected chi connectivity index (χ4v) is 1.94. The van der Waals surface area contributed by atoms with Crippen molar-refractivity contribution in [2.45, 2.75) is 26.3 Å². The van der Waals surface area contributed by atoms with Crippen molar-refractivity contribution in [3.8, 4) is 0 Å². The van der Waals surface area contributed by atoms with Crippen molar-refractivity contribution in [3.63, 3.8) is 0 Å². The Morgan fingerprint density at radius 3 is 2.89 bits per heavy atom. The predicted molar refractivity (Wildman–Crippen MR) is 74.9 cm³/mol. The largest absolute Gasteiger partial charge is 0.397 e. The van der Waals surface area contributed by atoms with Gasteiger partial charge < -0.3 is 15.6 Å². The lowest BCUT2D eigenvalue weighted by Gasteiger charge is -2.27. The number of rotatable bonds is 3. The first-order valence-electron chi connectivity index (χ1n) is 6.04. The third-order valence-corrected chi connectivity index (χ3v) is 3.42. The molecule has 1 aromatic carbocycles. The van der Waals surface area contributed by atoms with Crippen LogP contribution in [-0.2, 0) is 0 Å². The van der Waals surface area contributed by atoms with Crippen LogP contribution in [0, 0.1) is 0 Å². The average Bonchev–Trinajstić information content (AvgIpc) is 2.37. The monoisotopic (exact) mass is 246 g/mol. The number of anilines is 2. The number of H-pyrrole nitrogens is 1. The molecular formula is C13H18N4O. The Labute approximate surface area is 106 Å². The average molecular weight is 246 g/mol. The minimum absolute atomic E-state index is 0.163. The van der Waals surface area contributed by atoms with E-state index >= 15 is 0 Å². The summed E-state index contributed by atoms with van der Waals surface area (Å²) in [5, 5.41) is 0.524. The normalized spacial score (nSPS) is 12.6. The second-order valence-corrected chi connectivity index (χ2v) is 4.53. The van der Waals surface area contributed by atoms with Crippen LogP contribution in [0.5, 0.6) is 0 Å². The van der Waals surface area contributed by atoms with E-state index in [1.165, 1.54) is 6.33 Å². The van der Waals surface area contributed by atoms with Gasteiger partial charge in [-0.15, -0.1) is 0 Å². The van der Waals surface area contributed by atoms with Gasteiger partial charge in [-0.2, -0.15) is 0 Å². The summed E-state index contributed by atoms with van der Waals surface area (Å²) >= 11 is 0. The molecule has 0 bridgehead atoms. The van der Waals surface area contributed by atoms with Crippen LogP contribution in [0.2, 0.25) is 0 Å². The summed E-state index contributed by atoms with van der Waals surface area (Å²) in [6.07, 6.45) is 2.44. The zero-order valence-electron chi connectivity index (χ0n) is 10.9. The number of aromatic amines is 1. The Balaban J connectivity index is 2.60. The Morgan fingerprint density at radius 1 is 1.50 bits per heavy atom. The van der Waals surface area contributed by atoms with Gasteiger partial charge in [0.05, 0.1) is 28.6 Å². The first kappa shape index (κ1) is 12.4. The molecule has 0 radical (unpaired) electrons. The van der Waals surface area contributed by atoms with Gasteiger partial charge in [-0.25, -0.2) is 4.98 Å². The Kier molecular flexibility index (Phi) is 3.23.